The summed E-state index contributed by atoms with van der Waals surface area (Å²) in [6, 6.07) is 10.5. The zero-order valence-corrected chi connectivity index (χ0v) is 22.1. The monoisotopic (exact) mass is 522 g/mol. The second-order valence-electron chi connectivity index (χ2n) is 9.38. The summed E-state index contributed by atoms with van der Waals surface area (Å²) in [4.78, 5) is 36.8. The van der Waals surface area contributed by atoms with Crippen LogP contribution < -0.4 is 16.0 Å². The Morgan fingerprint density at radius 1 is 1.08 bits per heavy atom. The van der Waals surface area contributed by atoms with Gasteiger partial charge in [0.2, 0.25) is 5.91 Å². The molecule has 37 heavy (non-hydrogen) atoms. The van der Waals surface area contributed by atoms with Crippen LogP contribution in [-0.2, 0) is 9.53 Å². The molecule has 0 aliphatic carbocycles. The summed E-state index contributed by atoms with van der Waals surface area (Å²) in [6.45, 7) is 8.61. The van der Waals surface area contributed by atoms with Crippen molar-refractivity contribution in [2.45, 2.75) is 26.3 Å². The molecule has 2 amide bonds. The van der Waals surface area contributed by atoms with Gasteiger partial charge in [-0.3, -0.25) is 19.5 Å². The number of anilines is 2. The third kappa shape index (κ3) is 8.08. The number of carbonyl (C=O) groups is 2. The lowest BCUT2D eigenvalue weighted by Gasteiger charge is -2.27. The van der Waals surface area contributed by atoms with Crippen LogP contribution in [-0.4, -0.2) is 72.1 Å². The molecule has 0 saturated carbocycles. The molecule has 0 spiro atoms. The van der Waals surface area contributed by atoms with Crippen LogP contribution in [0.15, 0.2) is 54.2 Å². The Kier molecular flexibility index (Phi) is 9.58. The maximum absolute atomic E-state index is 13.0. The highest BCUT2D eigenvalue weighted by molar-refractivity contribution is 7.14. The first-order valence-electron chi connectivity index (χ1n) is 12.6. The standard InChI is InChI=1S/C27H34N6O3S/c1-19(2)17-23(26(35)29-11-12-33-13-15-36-16-14-33)31-25(34)21-5-3-20(4-6-21)24-18-37-27(32-24)30-22-7-9-28-10-8-22/h3-10,18-19,23H,11-17H2,1-2H3,(H,29,35)(H,31,34)(H,28,30,32)/t23-/m0/s1. The minimum Gasteiger partial charge on any atom is -0.379 e. The first-order chi connectivity index (χ1) is 18.0. The Hall–Kier alpha value is -3.34. The summed E-state index contributed by atoms with van der Waals surface area (Å²) in [6.07, 6.45) is 4.02. The van der Waals surface area contributed by atoms with Gasteiger partial charge in [0.05, 0.1) is 18.9 Å². The third-order valence-corrected chi connectivity index (χ3v) is 6.80. The zero-order chi connectivity index (χ0) is 26.0. The molecule has 3 heterocycles. The maximum atomic E-state index is 13.0. The van der Waals surface area contributed by atoms with Crippen molar-refractivity contribution in [3.05, 3.63) is 59.7 Å². The topological polar surface area (TPSA) is 108 Å². The van der Waals surface area contributed by atoms with E-state index in [1.165, 1.54) is 11.3 Å². The maximum Gasteiger partial charge on any atom is 0.251 e. The molecule has 10 heteroatoms. The number of ether oxygens (including phenoxy) is 1. The fourth-order valence-corrected chi connectivity index (χ4v) is 4.78. The average molecular weight is 523 g/mol. The van der Waals surface area contributed by atoms with E-state index in [-0.39, 0.29) is 17.7 Å². The summed E-state index contributed by atoms with van der Waals surface area (Å²) in [5.41, 5.74) is 3.16. The van der Waals surface area contributed by atoms with E-state index in [1.807, 2.05) is 43.5 Å². The minimum atomic E-state index is -0.586. The summed E-state index contributed by atoms with van der Waals surface area (Å²) < 4.78 is 5.37. The Balaban J connectivity index is 1.32. The first kappa shape index (κ1) is 26.7. The van der Waals surface area contributed by atoms with Gasteiger partial charge >= 0.3 is 0 Å². The van der Waals surface area contributed by atoms with E-state index in [2.05, 4.69) is 30.8 Å². The number of aromatic nitrogens is 2. The molecule has 3 aromatic rings. The number of hydrogen-bond donors (Lipinski definition) is 3. The number of pyridine rings is 1. The minimum absolute atomic E-state index is 0.149. The lowest BCUT2D eigenvalue weighted by molar-refractivity contribution is -0.123. The molecule has 0 radical (unpaired) electrons. The van der Waals surface area contributed by atoms with E-state index < -0.39 is 6.04 Å². The van der Waals surface area contributed by atoms with Crippen LogP contribution in [0.5, 0.6) is 0 Å². The van der Waals surface area contributed by atoms with Crippen molar-refractivity contribution in [2.75, 3.05) is 44.7 Å². The second-order valence-corrected chi connectivity index (χ2v) is 10.2. The molecule has 2 aromatic heterocycles. The lowest BCUT2D eigenvalue weighted by atomic mass is 10.0. The largest absolute Gasteiger partial charge is 0.379 e. The molecule has 196 valence electrons. The van der Waals surface area contributed by atoms with Gasteiger partial charge in [0.1, 0.15) is 6.04 Å². The fraction of sp³-hybridized carbons (Fsp3) is 0.407. The van der Waals surface area contributed by atoms with Gasteiger partial charge in [-0.05, 0) is 36.6 Å². The van der Waals surface area contributed by atoms with Gasteiger partial charge in [-0.2, -0.15) is 0 Å². The van der Waals surface area contributed by atoms with Crippen LogP contribution in [0, 0.1) is 5.92 Å². The van der Waals surface area contributed by atoms with Crippen molar-refractivity contribution in [1.82, 2.24) is 25.5 Å². The molecule has 1 aliphatic heterocycles. The van der Waals surface area contributed by atoms with Gasteiger partial charge in [-0.15, -0.1) is 11.3 Å². The second kappa shape index (κ2) is 13.3. The number of rotatable bonds is 11. The van der Waals surface area contributed by atoms with Crippen LogP contribution in [0.2, 0.25) is 0 Å². The molecular formula is C27H34N6O3S. The normalized spacial score (nSPS) is 14.8. The SMILES string of the molecule is CC(C)C[C@H](NC(=O)c1ccc(-c2csc(Nc3ccncc3)n2)cc1)C(=O)NCCN1CCOCC1. The average Bonchev–Trinajstić information content (AvgIpc) is 3.37. The molecule has 4 rings (SSSR count). The third-order valence-electron chi connectivity index (χ3n) is 6.04. The smallest absolute Gasteiger partial charge is 0.251 e. The predicted molar refractivity (Wildman–Crippen MR) is 146 cm³/mol. The van der Waals surface area contributed by atoms with Crippen LogP contribution in [0.4, 0.5) is 10.8 Å². The molecular weight excluding hydrogens is 488 g/mol. The van der Waals surface area contributed by atoms with Crippen molar-refractivity contribution in [3.63, 3.8) is 0 Å². The van der Waals surface area contributed by atoms with Gasteiger partial charge in [0.25, 0.3) is 5.91 Å². The predicted octanol–water partition coefficient (Wildman–Crippen LogP) is 3.54. The van der Waals surface area contributed by atoms with Gasteiger partial charge < -0.3 is 20.7 Å². The molecule has 1 atom stereocenters. The van der Waals surface area contributed by atoms with E-state index in [9.17, 15) is 9.59 Å². The summed E-state index contributed by atoms with van der Waals surface area (Å²) >= 11 is 1.51. The number of nitrogens with one attached hydrogen (secondary N) is 3. The summed E-state index contributed by atoms with van der Waals surface area (Å²) in [7, 11) is 0. The number of amides is 2. The summed E-state index contributed by atoms with van der Waals surface area (Å²) in [5.74, 6) is -0.153. The molecule has 9 nitrogen and oxygen atoms in total. The highest BCUT2D eigenvalue weighted by Crippen LogP contribution is 2.27. The van der Waals surface area contributed by atoms with E-state index in [4.69, 9.17) is 4.74 Å². The first-order valence-corrected chi connectivity index (χ1v) is 13.5. The van der Waals surface area contributed by atoms with E-state index in [1.54, 1.807) is 24.5 Å². The molecule has 0 unspecified atom stereocenters. The van der Waals surface area contributed by atoms with Crippen molar-refractivity contribution < 1.29 is 14.3 Å². The number of morpholine rings is 1. The van der Waals surface area contributed by atoms with Gasteiger partial charge in [0.15, 0.2) is 5.13 Å². The lowest BCUT2D eigenvalue weighted by Crippen LogP contribution is -2.49. The Bertz CT molecular complexity index is 1150. The van der Waals surface area contributed by atoms with Crippen LogP contribution >= 0.6 is 11.3 Å². The van der Waals surface area contributed by atoms with Crippen LogP contribution in [0.25, 0.3) is 11.3 Å². The fourth-order valence-electron chi connectivity index (χ4n) is 4.04. The van der Waals surface area contributed by atoms with Crippen molar-refractivity contribution >= 4 is 34.0 Å². The molecule has 0 bridgehead atoms. The van der Waals surface area contributed by atoms with Crippen molar-refractivity contribution in [2.24, 2.45) is 5.92 Å². The van der Waals surface area contributed by atoms with Crippen molar-refractivity contribution in [1.29, 1.82) is 0 Å². The van der Waals surface area contributed by atoms with Crippen molar-refractivity contribution in [3.8, 4) is 11.3 Å². The van der Waals surface area contributed by atoms with Gasteiger partial charge in [0, 0.05) is 60.8 Å². The van der Waals surface area contributed by atoms with E-state index in [0.717, 1.165) is 54.9 Å². The van der Waals surface area contributed by atoms with Crippen LogP contribution in [0.3, 0.4) is 0 Å². The Morgan fingerprint density at radius 2 is 1.81 bits per heavy atom. The number of carbonyl (C=O) groups excluding carboxylic acids is 2. The Morgan fingerprint density at radius 3 is 2.51 bits per heavy atom. The van der Waals surface area contributed by atoms with Crippen LogP contribution in [0.1, 0.15) is 30.6 Å². The zero-order valence-electron chi connectivity index (χ0n) is 21.3. The van der Waals surface area contributed by atoms with Gasteiger partial charge in [-0.25, -0.2) is 4.98 Å². The number of benzene rings is 1. The van der Waals surface area contributed by atoms with E-state index in [0.29, 0.717) is 18.5 Å². The molecule has 1 aromatic carbocycles. The van der Waals surface area contributed by atoms with Gasteiger partial charge in [-0.1, -0.05) is 26.0 Å². The Labute approximate surface area is 221 Å². The molecule has 3 N–H and O–H groups in total. The highest BCUT2D eigenvalue weighted by atomic mass is 32.1. The molecule has 1 saturated heterocycles. The molecule has 1 fully saturated rings. The number of hydrogen-bond acceptors (Lipinski definition) is 8. The highest BCUT2D eigenvalue weighted by Gasteiger charge is 2.23. The quantitative estimate of drug-likeness (QED) is 0.353. The molecule has 1 aliphatic rings. The van der Waals surface area contributed by atoms with E-state index >= 15 is 0 Å². The number of nitrogens with zero attached hydrogens (tertiary/aromatic N) is 3. The summed E-state index contributed by atoms with van der Waals surface area (Å²) in [5, 5.41) is 11.9. The number of thiazole rings is 1.